The van der Waals surface area contributed by atoms with Gasteiger partial charge in [-0.1, -0.05) is 12.8 Å². The fourth-order valence-electron chi connectivity index (χ4n) is 3.70. The van der Waals surface area contributed by atoms with Crippen molar-refractivity contribution in [3.8, 4) is 0 Å². The van der Waals surface area contributed by atoms with Gasteiger partial charge in [0.1, 0.15) is 0 Å². The van der Waals surface area contributed by atoms with Crippen LogP contribution in [0.5, 0.6) is 0 Å². The van der Waals surface area contributed by atoms with Crippen molar-refractivity contribution in [2.75, 3.05) is 13.1 Å². The number of nitrogens with zero attached hydrogens (tertiary/aromatic N) is 1. The molecule has 1 aliphatic carbocycles. The number of hydrogen-bond donors (Lipinski definition) is 1. The first-order valence-corrected chi connectivity index (χ1v) is 7.21. The summed E-state index contributed by atoms with van der Waals surface area (Å²) in [6.07, 6.45) is 9.59. The molecule has 3 rings (SSSR count). The van der Waals surface area contributed by atoms with E-state index < -0.39 is 5.97 Å². The Bertz CT molecular complexity index is 450. The SMILES string of the molecule is O=C(O)c1occc1CN1CCC2(CCCC2)CC1. The molecule has 104 valence electrons. The molecule has 1 spiro atoms. The minimum absolute atomic E-state index is 0.0983. The summed E-state index contributed by atoms with van der Waals surface area (Å²) in [5.41, 5.74) is 1.41. The second-order valence-corrected chi connectivity index (χ2v) is 6.06. The van der Waals surface area contributed by atoms with Gasteiger partial charge in [0.2, 0.25) is 5.76 Å². The van der Waals surface area contributed by atoms with Gasteiger partial charge < -0.3 is 9.52 Å². The number of furan rings is 1. The number of aromatic carboxylic acids is 1. The molecule has 1 aromatic rings. The van der Waals surface area contributed by atoms with Crippen LogP contribution in [-0.2, 0) is 6.54 Å². The van der Waals surface area contributed by atoms with E-state index in [2.05, 4.69) is 4.90 Å². The molecule has 4 heteroatoms. The van der Waals surface area contributed by atoms with Gasteiger partial charge in [0.15, 0.2) is 0 Å². The second-order valence-electron chi connectivity index (χ2n) is 6.06. The molecule has 0 bridgehead atoms. The molecular formula is C15H21NO3. The topological polar surface area (TPSA) is 53.7 Å². The molecule has 1 saturated carbocycles. The summed E-state index contributed by atoms with van der Waals surface area (Å²) in [5.74, 6) is -0.870. The predicted octanol–water partition coefficient (Wildman–Crippen LogP) is 3.13. The van der Waals surface area contributed by atoms with Gasteiger partial charge in [0.25, 0.3) is 0 Å². The van der Waals surface area contributed by atoms with Crippen LogP contribution in [0.2, 0.25) is 0 Å². The van der Waals surface area contributed by atoms with E-state index in [0.29, 0.717) is 12.0 Å². The summed E-state index contributed by atoms with van der Waals surface area (Å²) in [6, 6.07) is 1.78. The molecule has 19 heavy (non-hydrogen) atoms. The number of hydrogen-bond acceptors (Lipinski definition) is 3. The fourth-order valence-corrected chi connectivity index (χ4v) is 3.70. The van der Waals surface area contributed by atoms with Crippen molar-refractivity contribution < 1.29 is 14.3 Å². The monoisotopic (exact) mass is 263 g/mol. The first-order valence-electron chi connectivity index (χ1n) is 7.21. The molecule has 0 unspecified atom stereocenters. The van der Waals surface area contributed by atoms with E-state index in [4.69, 9.17) is 9.52 Å². The quantitative estimate of drug-likeness (QED) is 0.910. The fraction of sp³-hybridized carbons (Fsp3) is 0.667. The number of carbonyl (C=O) groups is 1. The van der Waals surface area contributed by atoms with Crippen LogP contribution < -0.4 is 0 Å². The second kappa shape index (κ2) is 5.00. The molecular weight excluding hydrogens is 242 g/mol. The zero-order valence-electron chi connectivity index (χ0n) is 11.2. The third-order valence-corrected chi connectivity index (χ3v) is 4.92. The maximum absolute atomic E-state index is 11.0. The number of likely N-dealkylation sites (tertiary alicyclic amines) is 1. The number of carboxylic acid groups (broad SMARTS) is 1. The molecule has 0 atom stereocenters. The molecule has 0 amide bonds. The standard InChI is InChI=1S/C15H21NO3/c17-14(18)13-12(3-10-19-13)11-16-8-6-15(7-9-16)4-1-2-5-15/h3,10H,1-2,4-9,11H2,(H,17,18). The van der Waals surface area contributed by atoms with Crippen LogP contribution in [0, 0.1) is 5.41 Å². The molecule has 2 fully saturated rings. The smallest absolute Gasteiger partial charge is 0.372 e. The maximum Gasteiger partial charge on any atom is 0.372 e. The Morgan fingerprint density at radius 2 is 1.95 bits per heavy atom. The van der Waals surface area contributed by atoms with Gasteiger partial charge in [-0.05, 0) is 50.3 Å². The molecule has 2 heterocycles. The lowest BCUT2D eigenvalue weighted by molar-refractivity contribution is 0.0654. The Labute approximate surface area is 113 Å². The molecule has 4 nitrogen and oxygen atoms in total. The first kappa shape index (κ1) is 12.7. The van der Waals surface area contributed by atoms with Gasteiger partial charge >= 0.3 is 5.97 Å². The summed E-state index contributed by atoms with van der Waals surface area (Å²) >= 11 is 0. The summed E-state index contributed by atoms with van der Waals surface area (Å²) in [5, 5.41) is 9.04. The van der Waals surface area contributed by atoms with E-state index in [9.17, 15) is 4.79 Å². The highest BCUT2D eigenvalue weighted by atomic mass is 16.4. The van der Waals surface area contributed by atoms with E-state index in [0.717, 1.165) is 18.7 Å². The van der Waals surface area contributed by atoms with Crippen molar-refractivity contribution in [1.82, 2.24) is 4.90 Å². The number of piperidine rings is 1. The van der Waals surface area contributed by atoms with E-state index >= 15 is 0 Å². The third kappa shape index (κ3) is 2.54. The zero-order chi connectivity index (χ0) is 13.3. The molecule has 2 aliphatic rings. The molecule has 1 aliphatic heterocycles. The van der Waals surface area contributed by atoms with Gasteiger partial charge in [-0.2, -0.15) is 0 Å². The van der Waals surface area contributed by atoms with Gasteiger partial charge in [0.05, 0.1) is 6.26 Å². The minimum Gasteiger partial charge on any atom is -0.475 e. The average Bonchev–Trinajstić information content (AvgIpc) is 3.02. The highest BCUT2D eigenvalue weighted by molar-refractivity contribution is 5.86. The maximum atomic E-state index is 11.0. The lowest BCUT2D eigenvalue weighted by Crippen LogP contribution is -2.38. The normalized spacial score (nSPS) is 22.9. The lowest BCUT2D eigenvalue weighted by Gasteiger charge is -2.39. The Hall–Kier alpha value is -1.29. The van der Waals surface area contributed by atoms with Crippen molar-refractivity contribution in [3.63, 3.8) is 0 Å². The first-order chi connectivity index (χ1) is 9.19. The molecule has 0 radical (unpaired) electrons. The van der Waals surface area contributed by atoms with E-state index in [1.165, 1.54) is 44.8 Å². The van der Waals surface area contributed by atoms with Crippen LogP contribution in [0.1, 0.15) is 54.6 Å². The number of rotatable bonds is 3. The summed E-state index contributed by atoms with van der Waals surface area (Å²) in [6.45, 7) is 2.88. The zero-order valence-corrected chi connectivity index (χ0v) is 11.2. The van der Waals surface area contributed by atoms with E-state index in [-0.39, 0.29) is 5.76 Å². The summed E-state index contributed by atoms with van der Waals surface area (Å²) < 4.78 is 5.03. The van der Waals surface area contributed by atoms with Crippen molar-refractivity contribution in [2.45, 2.75) is 45.1 Å². The van der Waals surface area contributed by atoms with E-state index in [1.807, 2.05) is 0 Å². The van der Waals surface area contributed by atoms with E-state index in [1.54, 1.807) is 6.07 Å². The Kier molecular flexibility index (Phi) is 3.35. The minimum atomic E-state index is -0.968. The Balaban J connectivity index is 1.60. The van der Waals surface area contributed by atoms with Crippen molar-refractivity contribution in [1.29, 1.82) is 0 Å². The lowest BCUT2D eigenvalue weighted by atomic mass is 9.77. The third-order valence-electron chi connectivity index (χ3n) is 4.92. The number of carboxylic acids is 1. The van der Waals surface area contributed by atoms with Crippen LogP contribution in [-0.4, -0.2) is 29.1 Å². The Morgan fingerprint density at radius 3 is 2.58 bits per heavy atom. The van der Waals surface area contributed by atoms with Crippen molar-refractivity contribution in [3.05, 3.63) is 23.7 Å². The van der Waals surface area contributed by atoms with Gasteiger partial charge in [0, 0.05) is 12.1 Å². The van der Waals surface area contributed by atoms with Gasteiger partial charge in [-0.15, -0.1) is 0 Å². The van der Waals surface area contributed by atoms with Crippen LogP contribution in [0.15, 0.2) is 16.7 Å². The largest absolute Gasteiger partial charge is 0.475 e. The summed E-state index contributed by atoms with van der Waals surface area (Å²) in [4.78, 5) is 13.4. The molecule has 0 aromatic carbocycles. The average molecular weight is 263 g/mol. The van der Waals surface area contributed by atoms with Crippen molar-refractivity contribution in [2.24, 2.45) is 5.41 Å². The van der Waals surface area contributed by atoms with Crippen LogP contribution in [0.4, 0.5) is 0 Å². The molecule has 1 aromatic heterocycles. The van der Waals surface area contributed by atoms with Crippen molar-refractivity contribution >= 4 is 5.97 Å². The summed E-state index contributed by atoms with van der Waals surface area (Å²) in [7, 11) is 0. The molecule has 1 N–H and O–H groups in total. The highest BCUT2D eigenvalue weighted by Crippen LogP contribution is 2.46. The van der Waals surface area contributed by atoms with Crippen LogP contribution in [0.3, 0.4) is 0 Å². The highest BCUT2D eigenvalue weighted by Gasteiger charge is 2.36. The van der Waals surface area contributed by atoms with Crippen LogP contribution >= 0.6 is 0 Å². The van der Waals surface area contributed by atoms with Crippen LogP contribution in [0.25, 0.3) is 0 Å². The van der Waals surface area contributed by atoms with Gasteiger partial charge in [-0.25, -0.2) is 4.79 Å². The predicted molar refractivity (Wildman–Crippen MR) is 71.1 cm³/mol. The Morgan fingerprint density at radius 1 is 1.26 bits per heavy atom. The van der Waals surface area contributed by atoms with Gasteiger partial charge in [-0.3, -0.25) is 4.90 Å². The molecule has 1 saturated heterocycles.